The number of benzene rings is 7. The summed E-state index contributed by atoms with van der Waals surface area (Å²) < 4.78 is 11.4. The van der Waals surface area contributed by atoms with Gasteiger partial charge in [-0.25, -0.2) is 0 Å². The molecule has 0 aliphatic carbocycles. The van der Waals surface area contributed by atoms with Crippen LogP contribution in [0.1, 0.15) is 0 Å². The molecule has 0 N–H and O–H groups in total. The van der Waals surface area contributed by atoms with Crippen LogP contribution in [-0.4, -0.2) is 9.13 Å². The van der Waals surface area contributed by atoms with Crippen LogP contribution < -0.4 is 0 Å². The molecular formula is C44H28N2O. The van der Waals surface area contributed by atoms with Crippen molar-refractivity contribution in [1.29, 1.82) is 0 Å². The van der Waals surface area contributed by atoms with Crippen LogP contribution in [0.25, 0.3) is 88.3 Å². The number of rotatable bonds is 4. The zero-order valence-corrected chi connectivity index (χ0v) is 25.5. The quantitative estimate of drug-likeness (QED) is 0.197. The first-order chi connectivity index (χ1) is 23.3. The van der Waals surface area contributed by atoms with Crippen LogP contribution in [0.2, 0.25) is 0 Å². The van der Waals surface area contributed by atoms with Crippen LogP contribution >= 0.6 is 0 Å². The number of hydrogen-bond acceptors (Lipinski definition) is 1. The van der Waals surface area contributed by atoms with Gasteiger partial charge in [0.05, 0.1) is 16.6 Å². The van der Waals surface area contributed by atoms with Crippen molar-refractivity contribution in [3.8, 4) is 33.6 Å². The third-order valence-corrected chi connectivity index (χ3v) is 9.58. The van der Waals surface area contributed by atoms with Gasteiger partial charge in [-0.1, -0.05) is 121 Å². The van der Waals surface area contributed by atoms with Gasteiger partial charge >= 0.3 is 0 Å². The highest BCUT2D eigenvalue weighted by atomic mass is 16.3. The second kappa shape index (κ2) is 10.1. The number of aromatic nitrogens is 2. The Hall–Kier alpha value is -6.32. The van der Waals surface area contributed by atoms with Crippen molar-refractivity contribution in [3.63, 3.8) is 0 Å². The lowest BCUT2D eigenvalue weighted by molar-refractivity contribution is 0.671. The van der Waals surface area contributed by atoms with Crippen molar-refractivity contribution in [3.05, 3.63) is 170 Å². The molecule has 220 valence electrons. The Morgan fingerprint density at radius 2 is 0.979 bits per heavy atom. The SMILES string of the molecule is c1ccc(-c2cccc3c2oc2c(-c4ccc(-n5c6ccccc6c6ccc7c(ccn7-c7ccccc7)c65)cc4)cccc23)cc1. The molecule has 3 aromatic heterocycles. The normalized spacial score (nSPS) is 11.8. The summed E-state index contributed by atoms with van der Waals surface area (Å²) in [6.07, 6.45) is 2.18. The summed E-state index contributed by atoms with van der Waals surface area (Å²) >= 11 is 0. The maximum absolute atomic E-state index is 6.72. The lowest BCUT2D eigenvalue weighted by Crippen LogP contribution is -1.95. The Bertz CT molecular complexity index is 2760. The third kappa shape index (κ3) is 3.87. The van der Waals surface area contributed by atoms with Crippen LogP contribution in [0.3, 0.4) is 0 Å². The Morgan fingerprint density at radius 3 is 1.70 bits per heavy atom. The van der Waals surface area contributed by atoms with Crippen molar-refractivity contribution in [2.24, 2.45) is 0 Å². The van der Waals surface area contributed by atoms with Gasteiger partial charge in [-0.05, 0) is 53.6 Å². The molecular weight excluding hydrogens is 572 g/mol. The highest BCUT2D eigenvalue weighted by molar-refractivity contribution is 6.18. The summed E-state index contributed by atoms with van der Waals surface area (Å²) in [7, 11) is 0. The number of hydrogen-bond donors (Lipinski definition) is 0. The largest absolute Gasteiger partial charge is 0.455 e. The fourth-order valence-electron chi connectivity index (χ4n) is 7.44. The first kappa shape index (κ1) is 26.0. The Balaban J connectivity index is 1.15. The van der Waals surface area contributed by atoms with Gasteiger partial charge in [-0.15, -0.1) is 0 Å². The summed E-state index contributed by atoms with van der Waals surface area (Å²) in [4.78, 5) is 0. The molecule has 0 spiro atoms. The zero-order chi connectivity index (χ0) is 30.9. The summed E-state index contributed by atoms with van der Waals surface area (Å²) in [6.45, 7) is 0. The molecule has 0 aliphatic rings. The molecule has 10 rings (SSSR count). The number of fused-ring (bicyclic) bond motifs is 8. The van der Waals surface area contributed by atoms with E-state index in [1.165, 1.54) is 32.7 Å². The van der Waals surface area contributed by atoms with E-state index in [0.29, 0.717) is 0 Å². The second-order valence-electron chi connectivity index (χ2n) is 12.1. The highest BCUT2D eigenvalue weighted by Crippen LogP contribution is 2.41. The average Bonchev–Trinajstić information content (AvgIpc) is 3.84. The van der Waals surface area contributed by atoms with Gasteiger partial charge in [-0.3, -0.25) is 0 Å². The first-order valence-corrected chi connectivity index (χ1v) is 16.0. The monoisotopic (exact) mass is 600 g/mol. The molecule has 10 aromatic rings. The van der Waals surface area contributed by atoms with E-state index in [0.717, 1.165) is 55.6 Å². The fraction of sp³-hybridized carbons (Fsp3) is 0. The van der Waals surface area contributed by atoms with Crippen molar-refractivity contribution >= 4 is 54.6 Å². The third-order valence-electron chi connectivity index (χ3n) is 9.58. The van der Waals surface area contributed by atoms with E-state index in [9.17, 15) is 0 Å². The van der Waals surface area contributed by atoms with Crippen molar-refractivity contribution in [2.45, 2.75) is 0 Å². The van der Waals surface area contributed by atoms with Gasteiger partial charge in [0.15, 0.2) is 0 Å². The molecule has 3 nitrogen and oxygen atoms in total. The molecule has 0 saturated heterocycles. The molecule has 0 fully saturated rings. The number of para-hydroxylation sites is 4. The van der Waals surface area contributed by atoms with Crippen molar-refractivity contribution < 1.29 is 4.42 Å². The highest BCUT2D eigenvalue weighted by Gasteiger charge is 2.18. The van der Waals surface area contributed by atoms with E-state index in [-0.39, 0.29) is 0 Å². The van der Waals surface area contributed by atoms with Crippen LogP contribution in [0, 0.1) is 0 Å². The maximum atomic E-state index is 6.72. The van der Waals surface area contributed by atoms with Crippen LogP contribution in [-0.2, 0) is 0 Å². The minimum Gasteiger partial charge on any atom is -0.455 e. The molecule has 3 heterocycles. The fourth-order valence-corrected chi connectivity index (χ4v) is 7.44. The molecule has 0 amide bonds. The average molecular weight is 601 g/mol. The summed E-state index contributed by atoms with van der Waals surface area (Å²) in [5, 5.41) is 6.00. The second-order valence-corrected chi connectivity index (χ2v) is 12.1. The minimum absolute atomic E-state index is 0.916. The predicted octanol–water partition coefficient (Wildman–Crippen LogP) is 12.0. The smallest absolute Gasteiger partial charge is 0.143 e. The van der Waals surface area contributed by atoms with E-state index >= 15 is 0 Å². The van der Waals surface area contributed by atoms with E-state index < -0.39 is 0 Å². The standard InChI is InChI=1S/C44H28N2O/c1-3-11-29(12-4-1)33-16-9-18-37-38-19-10-17-34(44(38)47-43(33)37)30-21-23-32(24-22-30)46-41-20-8-7-15-35(41)36-25-26-40-39(42(36)46)27-28-45(40)31-13-5-2-6-14-31/h1-28H. The van der Waals surface area contributed by atoms with E-state index in [1.54, 1.807) is 0 Å². The van der Waals surface area contributed by atoms with Gasteiger partial charge in [0.25, 0.3) is 0 Å². The summed E-state index contributed by atoms with van der Waals surface area (Å²) in [6, 6.07) is 58.4. The van der Waals surface area contributed by atoms with Gasteiger partial charge in [0, 0.05) is 55.6 Å². The molecule has 47 heavy (non-hydrogen) atoms. The molecule has 0 bridgehead atoms. The topological polar surface area (TPSA) is 23.0 Å². The molecule has 7 aromatic carbocycles. The zero-order valence-electron chi connectivity index (χ0n) is 25.5. The number of nitrogens with zero attached hydrogens (tertiary/aromatic N) is 2. The minimum atomic E-state index is 0.916. The van der Waals surface area contributed by atoms with Gasteiger partial charge in [0.1, 0.15) is 11.2 Å². The number of furan rings is 1. The first-order valence-electron chi connectivity index (χ1n) is 16.0. The van der Waals surface area contributed by atoms with Gasteiger partial charge in [0.2, 0.25) is 0 Å². The van der Waals surface area contributed by atoms with E-state index in [1.807, 2.05) is 6.07 Å². The lowest BCUT2D eigenvalue weighted by atomic mass is 10.00. The maximum Gasteiger partial charge on any atom is 0.143 e. The predicted molar refractivity (Wildman–Crippen MR) is 196 cm³/mol. The van der Waals surface area contributed by atoms with Gasteiger partial charge < -0.3 is 13.6 Å². The van der Waals surface area contributed by atoms with Crippen molar-refractivity contribution in [2.75, 3.05) is 0 Å². The molecule has 3 heteroatoms. The van der Waals surface area contributed by atoms with Gasteiger partial charge in [-0.2, -0.15) is 0 Å². The van der Waals surface area contributed by atoms with E-state index in [4.69, 9.17) is 4.42 Å². The Kier molecular flexibility index (Phi) is 5.57. The Labute approximate surface area is 271 Å². The van der Waals surface area contributed by atoms with Crippen LogP contribution in [0.15, 0.2) is 174 Å². The molecule has 0 radical (unpaired) electrons. The lowest BCUT2D eigenvalue weighted by Gasteiger charge is -2.11. The molecule has 0 saturated carbocycles. The van der Waals surface area contributed by atoms with Crippen molar-refractivity contribution in [1.82, 2.24) is 9.13 Å². The molecule has 0 aliphatic heterocycles. The Morgan fingerprint density at radius 1 is 0.362 bits per heavy atom. The van der Waals surface area contributed by atoms with Crippen LogP contribution in [0.4, 0.5) is 0 Å². The summed E-state index contributed by atoms with van der Waals surface area (Å²) in [5.74, 6) is 0. The van der Waals surface area contributed by atoms with Crippen LogP contribution in [0.5, 0.6) is 0 Å². The molecule has 0 atom stereocenters. The summed E-state index contributed by atoms with van der Waals surface area (Å²) in [5.41, 5.74) is 12.2. The van der Waals surface area contributed by atoms with E-state index in [2.05, 4.69) is 173 Å². The molecule has 0 unspecified atom stereocenters.